The summed E-state index contributed by atoms with van der Waals surface area (Å²) in [5, 5.41) is 0. The number of rotatable bonds is 3. The van der Waals surface area contributed by atoms with Crippen molar-refractivity contribution >= 4 is 6.21 Å². The molecule has 0 radical (unpaired) electrons. The summed E-state index contributed by atoms with van der Waals surface area (Å²) in [4.78, 5) is 24.6. The first kappa shape index (κ1) is 26.0. The van der Waals surface area contributed by atoms with Crippen LogP contribution in [-0.4, -0.2) is 95.8 Å². The van der Waals surface area contributed by atoms with Crippen LogP contribution in [0.4, 0.5) is 4.39 Å². The predicted molar refractivity (Wildman–Crippen MR) is 148 cm³/mol. The van der Waals surface area contributed by atoms with Crippen LogP contribution in [0.25, 0.3) is 0 Å². The molecule has 0 saturated carbocycles. The SMILES string of the molecule is C=C1OC2COCC2n2c3c(n(C)c2=O)C=N/C(=C/C(F)=C1C1=CN(C)C(N2CCC(N(C)C)CC2)C=C1)C3. The van der Waals surface area contributed by atoms with E-state index in [2.05, 4.69) is 46.4 Å². The number of likely N-dealkylation sites (N-methyl/N-ethyl adjacent to an activating group) is 1. The molecule has 2 saturated heterocycles. The second kappa shape index (κ2) is 10.1. The van der Waals surface area contributed by atoms with E-state index in [0.717, 1.165) is 37.3 Å². The number of nitrogens with zero attached hydrogens (tertiary/aromatic N) is 6. The molecule has 5 aliphatic heterocycles. The second-order valence-corrected chi connectivity index (χ2v) is 11.3. The molecule has 39 heavy (non-hydrogen) atoms. The maximum absolute atomic E-state index is 16.1. The third-order valence-corrected chi connectivity index (χ3v) is 8.68. The molecule has 1 aromatic rings. The second-order valence-electron chi connectivity index (χ2n) is 11.3. The third-order valence-electron chi connectivity index (χ3n) is 8.68. The molecule has 0 aromatic carbocycles. The Hall–Kier alpha value is -3.21. The summed E-state index contributed by atoms with van der Waals surface area (Å²) in [7, 11) is 8.03. The number of hydrogen-bond acceptors (Lipinski definition) is 7. The Kier molecular flexibility index (Phi) is 6.73. The Morgan fingerprint density at radius 1 is 1.18 bits per heavy atom. The molecule has 208 valence electrons. The van der Waals surface area contributed by atoms with Gasteiger partial charge in [0.1, 0.15) is 29.9 Å². The van der Waals surface area contributed by atoms with Crippen LogP contribution < -0.4 is 5.69 Å². The Labute approximate surface area is 228 Å². The van der Waals surface area contributed by atoms with Crippen molar-refractivity contribution < 1.29 is 13.9 Å². The lowest BCUT2D eigenvalue weighted by Gasteiger charge is -2.42. The zero-order valence-corrected chi connectivity index (χ0v) is 23.1. The van der Waals surface area contributed by atoms with Gasteiger partial charge in [-0.15, -0.1) is 0 Å². The minimum Gasteiger partial charge on any atom is -0.486 e. The predicted octanol–water partition coefficient (Wildman–Crippen LogP) is 2.49. The Morgan fingerprint density at radius 3 is 2.67 bits per heavy atom. The molecule has 6 heterocycles. The van der Waals surface area contributed by atoms with Gasteiger partial charge >= 0.3 is 5.69 Å². The molecule has 3 unspecified atom stereocenters. The van der Waals surface area contributed by atoms with Crippen molar-refractivity contribution in [2.24, 2.45) is 12.0 Å². The lowest BCUT2D eigenvalue weighted by molar-refractivity contribution is 0.0723. The first-order chi connectivity index (χ1) is 18.7. The topological polar surface area (TPSA) is 67.5 Å². The molecule has 2 bridgehead atoms. The quantitative estimate of drug-likeness (QED) is 0.592. The molecule has 1 aromatic heterocycles. The van der Waals surface area contributed by atoms with E-state index in [1.165, 1.54) is 6.08 Å². The van der Waals surface area contributed by atoms with Crippen molar-refractivity contribution in [1.29, 1.82) is 0 Å². The van der Waals surface area contributed by atoms with E-state index in [-0.39, 0.29) is 23.7 Å². The van der Waals surface area contributed by atoms with Crippen LogP contribution in [0.1, 0.15) is 30.3 Å². The Balaban J connectivity index is 1.33. The van der Waals surface area contributed by atoms with Crippen LogP contribution in [-0.2, 0) is 22.9 Å². The third kappa shape index (κ3) is 4.54. The highest BCUT2D eigenvalue weighted by molar-refractivity contribution is 5.82. The molecule has 10 heteroatoms. The fourth-order valence-electron chi connectivity index (χ4n) is 6.45. The molecular formula is C29H37FN6O3. The van der Waals surface area contributed by atoms with Crippen LogP contribution in [0.3, 0.4) is 0 Å². The van der Waals surface area contributed by atoms with E-state index in [0.29, 0.717) is 42.5 Å². The van der Waals surface area contributed by atoms with Crippen LogP contribution in [0, 0.1) is 0 Å². The fraction of sp³-hybridized carbons (Fsp3) is 0.517. The summed E-state index contributed by atoms with van der Waals surface area (Å²) >= 11 is 0. The number of likely N-dealkylation sites (tertiary alicyclic amines) is 1. The van der Waals surface area contributed by atoms with Gasteiger partial charge in [-0.25, -0.2) is 9.18 Å². The van der Waals surface area contributed by atoms with E-state index in [4.69, 9.17) is 9.47 Å². The van der Waals surface area contributed by atoms with E-state index in [1.54, 1.807) is 22.4 Å². The van der Waals surface area contributed by atoms with Gasteiger partial charge in [-0.2, -0.15) is 0 Å². The van der Waals surface area contributed by atoms with Crippen molar-refractivity contribution in [2.75, 3.05) is 47.4 Å². The molecule has 9 nitrogen and oxygen atoms in total. The summed E-state index contributed by atoms with van der Waals surface area (Å²) < 4.78 is 31.5. The number of hydrogen-bond donors (Lipinski definition) is 0. The normalized spacial score (nSPS) is 29.2. The van der Waals surface area contributed by atoms with Gasteiger partial charge in [0.15, 0.2) is 0 Å². The number of fused-ring (bicyclic) bond motifs is 3. The molecule has 5 aliphatic rings. The molecule has 2 fully saturated rings. The fourth-order valence-corrected chi connectivity index (χ4v) is 6.45. The van der Waals surface area contributed by atoms with Gasteiger partial charge in [0.05, 0.1) is 36.4 Å². The van der Waals surface area contributed by atoms with Gasteiger partial charge in [-0.05, 0) is 39.1 Å². The number of imidazole rings is 1. The van der Waals surface area contributed by atoms with Gasteiger partial charge in [-0.3, -0.25) is 19.0 Å². The number of aliphatic imine (C=N–C) groups is 1. The van der Waals surface area contributed by atoms with E-state index < -0.39 is 11.9 Å². The van der Waals surface area contributed by atoms with Crippen molar-refractivity contribution in [3.05, 3.63) is 81.3 Å². The number of halogens is 1. The van der Waals surface area contributed by atoms with Gasteiger partial charge in [0.2, 0.25) is 0 Å². The van der Waals surface area contributed by atoms with Gasteiger partial charge in [0, 0.05) is 57.1 Å². The van der Waals surface area contributed by atoms with Gasteiger partial charge < -0.3 is 19.3 Å². The van der Waals surface area contributed by atoms with Crippen molar-refractivity contribution in [1.82, 2.24) is 23.8 Å². The molecular weight excluding hydrogens is 499 g/mol. The molecule has 0 N–H and O–H groups in total. The standard InChI is InChI=1S/C29H37FN6O3/c1-18-28(19-6-7-27(33(4)15-19)35-10-8-21(9-11-35)32(2)3)22(30)12-20-13-23-24(14-31-20)34(5)29(37)36(23)25-16-38-17-26(25)39-18/h6-7,12,14-15,21,25-27H,1,8-11,13,16-17H2,2-5H3/b20-12+,28-22?. The highest BCUT2D eigenvalue weighted by Gasteiger charge is 2.38. The largest absolute Gasteiger partial charge is 0.486 e. The van der Waals surface area contributed by atoms with Gasteiger partial charge in [0.25, 0.3) is 0 Å². The summed E-state index contributed by atoms with van der Waals surface area (Å²) in [5.74, 6) is -0.249. The lowest BCUT2D eigenvalue weighted by Crippen LogP contribution is -2.50. The van der Waals surface area contributed by atoms with E-state index >= 15 is 4.39 Å². The average Bonchev–Trinajstić information content (AvgIpc) is 3.44. The van der Waals surface area contributed by atoms with Crippen molar-refractivity contribution in [2.45, 2.75) is 43.6 Å². The highest BCUT2D eigenvalue weighted by Crippen LogP contribution is 2.36. The maximum atomic E-state index is 16.1. The van der Waals surface area contributed by atoms with E-state index in [9.17, 15) is 4.79 Å². The minimum atomic E-state index is -0.471. The van der Waals surface area contributed by atoms with Crippen LogP contribution in [0.5, 0.6) is 0 Å². The number of aromatic nitrogens is 2. The van der Waals surface area contributed by atoms with E-state index in [1.807, 2.05) is 19.3 Å². The maximum Gasteiger partial charge on any atom is 0.329 e. The summed E-state index contributed by atoms with van der Waals surface area (Å²) in [6, 6.07) is 0.265. The molecule has 0 amide bonds. The van der Waals surface area contributed by atoms with Crippen LogP contribution in [0.2, 0.25) is 0 Å². The lowest BCUT2D eigenvalue weighted by atomic mass is 9.98. The van der Waals surface area contributed by atoms with Crippen LogP contribution in [0.15, 0.2) is 69.2 Å². The number of allylic oxidation sites excluding steroid dienone is 5. The zero-order valence-electron chi connectivity index (χ0n) is 23.1. The molecule has 0 aliphatic carbocycles. The first-order valence-electron chi connectivity index (χ1n) is 13.6. The number of piperidine rings is 1. The molecule has 0 spiro atoms. The minimum absolute atomic E-state index is 0.104. The Bertz CT molecular complexity index is 1390. The summed E-state index contributed by atoms with van der Waals surface area (Å²) in [6.45, 7) is 6.79. The van der Waals surface area contributed by atoms with Crippen LogP contribution >= 0.6 is 0 Å². The summed E-state index contributed by atoms with van der Waals surface area (Å²) in [6.07, 6.45) is 11.4. The van der Waals surface area contributed by atoms with Crippen molar-refractivity contribution in [3.63, 3.8) is 0 Å². The first-order valence-corrected chi connectivity index (χ1v) is 13.6. The monoisotopic (exact) mass is 536 g/mol. The average molecular weight is 537 g/mol. The molecule has 3 atom stereocenters. The molecule has 6 rings (SSSR count). The highest BCUT2D eigenvalue weighted by atomic mass is 19.1. The van der Waals surface area contributed by atoms with Gasteiger partial charge in [-0.1, -0.05) is 12.7 Å². The Morgan fingerprint density at radius 2 is 1.95 bits per heavy atom. The van der Waals surface area contributed by atoms with Crippen molar-refractivity contribution in [3.8, 4) is 0 Å². The number of ether oxygens (including phenoxy) is 2. The zero-order chi connectivity index (χ0) is 27.4. The smallest absolute Gasteiger partial charge is 0.329 e. The summed E-state index contributed by atoms with van der Waals surface area (Å²) in [5.41, 5.74) is 2.88.